The van der Waals surface area contributed by atoms with E-state index >= 15 is 0 Å². The molecule has 0 aliphatic carbocycles. The van der Waals surface area contributed by atoms with Gasteiger partial charge in [0.1, 0.15) is 0 Å². The molecule has 2 nitrogen and oxygen atoms in total. The Morgan fingerprint density at radius 2 is 1.86 bits per heavy atom. The summed E-state index contributed by atoms with van der Waals surface area (Å²) in [6.45, 7) is -0.141. The van der Waals surface area contributed by atoms with Gasteiger partial charge in [-0.3, -0.25) is 0 Å². The fourth-order valence-corrected chi connectivity index (χ4v) is 1.54. The van der Waals surface area contributed by atoms with Crippen molar-refractivity contribution in [2.24, 2.45) is 0 Å². The highest BCUT2D eigenvalue weighted by molar-refractivity contribution is 5.83. The summed E-state index contributed by atoms with van der Waals surface area (Å²) in [6, 6.07) is 12.7. The Hall–Kier alpha value is -1.38. The maximum Gasteiger partial charge on any atom is 0.0691 e. The van der Waals surface area contributed by atoms with Crippen LogP contribution in [-0.2, 0) is 13.2 Å². The molecule has 0 saturated heterocycles. The van der Waals surface area contributed by atoms with Gasteiger partial charge in [0.25, 0.3) is 0 Å². The summed E-state index contributed by atoms with van der Waals surface area (Å²) >= 11 is 0. The van der Waals surface area contributed by atoms with E-state index in [1.54, 1.807) is 0 Å². The third-order valence-corrected chi connectivity index (χ3v) is 2.29. The normalized spacial score (nSPS) is 10.7. The Bertz CT molecular complexity index is 407. The molecule has 0 fully saturated rings. The molecule has 0 atom stereocenters. The van der Waals surface area contributed by atoms with Crippen LogP contribution < -0.4 is 0 Å². The maximum absolute atomic E-state index is 9.08. The van der Waals surface area contributed by atoms with Gasteiger partial charge in [-0.1, -0.05) is 24.3 Å². The number of aliphatic hydroxyl groups is 2. The lowest BCUT2D eigenvalue weighted by atomic mass is 10.0. The number of aliphatic hydroxyl groups excluding tert-OH is 2. The van der Waals surface area contributed by atoms with Gasteiger partial charge < -0.3 is 10.2 Å². The molecule has 0 saturated carbocycles. The van der Waals surface area contributed by atoms with E-state index in [0.717, 1.165) is 16.3 Å². The highest BCUT2D eigenvalue weighted by Crippen LogP contribution is 2.19. The summed E-state index contributed by atoms with van der Waals surface area (Å²) in [5.74, 6) is 0. The van der Waals surface area contributed by atoms with Gasteiger partial charge in [0, 0.05) is 0 Å². The standard InChI is InChI=1S/C12H11O2/c13-7-11-5-9-3-1-2-4-10(9)6-12(11)8-14/h1-5,13-14H,7-8H2. The zero-order chi connectivity index (χ0) is 9.97. The van der Waals surface area contributed by atoms with Crippen LogP contribution in [0.25, 0.3) is 10.8 Å². The lowest BCUT2D eigenvalue weighted by molar-refractivity contribution is 0.260. The monoisotopic (exact) mass is 187 g/mol. The quantitative estimate of drug-likeness (QED) is 0.750. The lowest BCUT2D eigenvalue weighted by Crippen LogP contribution is -1.94. The smallest absolute Gasteiger partial charge is 0.0691 e. The summed E-state index contributed by atoms with van der Waals surface area (Å²) in [5, 5.41) is 20.1. The zero-order valence-corrected chi connectivity index (χ0v) is 7.70. The van der Waals surface area contributed by atoms with E-state index in [-0.39, 0.29) is 13.2 Å². The van der Waals surface area contributed by atoms with Gasteiger partial charge in [-0.15, -0.1) is 0 Å². The lowest BCUT2D eigenvalue weighted by Gasteiger charge is -2.06. The van der Waals surface area contributed by atoms with Crippen molar-refractivity contribution in [3.63, 3.8) is 0 Å². The van der Waals surface area contributed by atoms with Crippen LogP contribution in [0.15, 0.2) is 30.3 Å². The third-order valence-electron chi connectivity index (χ3n) is 2.29. The van der Waals surface area contributed by atoms with Gasteiger partial charge in [-0.2, -0.15) is 0 Å². The Labute approximate surface area is 82.4 Å². The van der Waals surface area contributed by atoms with Crippen molar-refractivity contribution in [1.82, 2.24) is 0 Å². The molecule has 0 spiro atoms. The van der Waals surface area contributed by atoms with Crippen LogP contribution in [0.4, 0.5) is 0 Å². The van der Waals surface area contributed by atoms with Crippen molar-refractivity contribution in [3.8, 4) is 0 Å². The number of hydrogen-bond acceptors (Lipinski definition) is 2. The molecule has 0 amide bonds. The molecule has 2 aromatic rings. The second-order valence-corrected chi connectivity index (χ2v) is 3.18. The van der Waals surface area contributed by atoms with Gasteiger partial charge in [0.2, 0.25) is 0 Å². The highest BCUT2D eigenvalue weighted by Gasteiger charge is 2.03. The van der Waals surface area contributed by atoms with Gasteiger partial charge in [-0.25, -0.2) is 0 Å². The van der Waals surface area contributed by atoms with Crippen LogP contribution in [0.1, 0.15) is 11.1 Å². The van der Waals surface area contributed by atoms with Crippen molar-refractivity contribution in [2.45, 2.75) is 13.2 Å². The Kier molecular flexibility index (Phi) is 2.48. The molecule has 14 heavy (non-hydrogen) atoms. The molecule has 2 aromatic carbocycles. The number of hydrogen-bond donors (Lipinski definition) is 2. The van der Waals surface area contributed by atoms with Crippen LogP contribution in [-0.4, -0.2) is 10.2 Å². The Morgan fingerprint density at radius 3 is 2.57 bits per heavy atom. The van der Waals surface area contributed by atoms with Gasteiger partial charge >= 0.3 is 0 Å². The topological polar surface area (TPSA) is 40.5 Å². The summed E-state index contributed by atoms with van der Waals surface area (Å²) in [7, 11) is 0. The number of rotatable bonds is 2. The molecule has 1 radical (unpaired) electrons. The SMILES string of the molecule is OCc1[c]c2ccccc2cc1CO. The number of fused-ring (bicyclic) bond motifs is 1. The molecule has 0 unspecified atom stereocenters. The summed E-state index contributed by atoms with van der Waals surface area (Å²) in [6.07, 6.45) is 0. The van der Waals surface area contributed by atoms with Gasteiger partial charge in [-0.05, 0) is 34.0 Å². The minimum Gasteiger partial charge on any atom is -0.392 e. The van der Waals surface area contributed by atoms with Gasteiger partial charge in [0.15, 0.2) is 0 Å². The van der Waals surface area contributed by atoms with Crippen molar-refractivity contribution in [2.75, 3.05) is 0 Å². The van der Waals surface area contributed by atoms with Crippen LogP contribution in [0, 0.1) is 6.07 Å². The van der Waals surface area contributed by atoms with Crippen molar-refractivity contribution in [3.05, 3.63) is 47.5 Å². The van der Waals surface area contributed by atoms with E-state index in [1.165, 1.54) is 0 Å². The molecule has 71 valence electrons. The van der Waals surface area contributed by atoms with E-state index in [2.05, 4.69) is 6.07 Å². The summed E-state index contributed by atoms with van der Waals surface area (Å²) < 4.78 is 0. The van der Waals surface area contributed by atoms with Crippen LogP contribution in [0.2, 0.25) is 0 Å². The average Bonchev–Trinajstić information content (AvgIpc) is 2.27. The highest BCUT2D eigenvalue weighted by atomic mass is 16.3. The predicted molar refractivity (Wildman–Crippen MR) is 54.6 cm³/mol. The van der Waals surface area contributed by atoms with Crippen molar-refractivity contribution >= 4 is 10.8 Å². The molecule has 0 aromatic heterocycles. The minimum atomic E-state index is -0.0826. The fourth-order valence-electron chi connectivity index (χ4n) is 1.54. The van der Waals surface area contributed by atoms with E-state index in [4.69, 9.17) is 10.2 Å². The second kappa shape index (κ2) is 3.78. The average molecular weight is 187 g/mol. The fraction of sp³-hybridized carbons (Fsp3) is 0.167. The first-order valence-corrected chi connectivity index (χ1v) is 4.49. The molecule has 0 bridgehead atoms. The summed E-state index contributed by atoms with van der Waals surface area (Å²) in [4.78, 5) is 0. The molecular formula is C12H11O2. The molecule has 0 aliphatic heterocycles. The van der Waals surface area contributed by atoms with Crippen molar-refractivity contribution < 1.29 is 10.2 Å². The minimum absolute atomic E-state index is 0.0583. The predicted octanol–water partition coefficient (Wildman–Crippen LogP) is 1.62. The largest absolute Gasteiger partial charge is 0.392 e. The van der Waals surface area contributed by atoms with Gasteiger partial charge in [0.05, 0.1) is 13.2 Å². The molecular weight excluding hydrogens is 176 g/mol. The van der Waals surface area contributed by atoms with Crippen molar-refractivity contribution in [1.29, 1.82) is 0 Å². The second-order valence-electron chi connectivity index (χ2n) is 3.18. The zero-order valence-electron chi connectivity index (χ0n) is 7.70. The third kappa shape index (κ3) is 1.50. The molecule has 2 rings (SSSR count). The first-order valence-electron chi connectivity index (χ1n) is 4.49. The van der Waals surface area contributed by atoms with E-state index < -0.39 is 0 Å². The molecule has 0 aliphatic rings. The van der Waals surface area contributed by atoms with E-state index in [0.29, 0.717) is 5.56 Å². The van der Waals surface area contributed by atoms with Crippen LogP contribution in [0.5, 0.6) is 0 Å². The molecule has 2 heteroatoms. The van der Waals surface area contributed by atoms with E-state index in [9.17, 15) is 0 Å². The molecule has 2 N–H and O–H groups in total. The molecule has 0 heterocycles. The van der Waals surface area contributed by atoms with Crippen LogP contribution in [0.3, 0.4) is 0 Å². The number of benzene rings is 2. The summed E-state index contributed by atoms with van der Waals surface area (Å²) in [5.41, 5.74) is 1.41. The maximum atomic E-state index is 9.08. The Balaban J connectivity index is 2.69. The Morgan fingerprint density at radius 1 is 1.07 bits per heavy atom. The first kappa shape index (κ1) is 9.19. The van der Waals surface area contributed by atoms with Crippen LogP contribution >= 0.6 is 0 Å². The van der Waals surface area contributed by atoms with E-state index in [1.807, 2.05) is 30.3 Å². The first-order chi connectivity index (χ1) is 6.85.